The van der Waals surface area contributed by atoms with Gasteiger partial charge in [0.1, 0.15) is 5.82 Å². The molecule has 19 heavy (non-hydrogen) atoms. The van der Waals surface area contributed by atoms with Gasteiger partial charge in [0.2, 0.25) is 0 Å². The summed E-state index contributed by atoms with van der Waals surface area (Å²) in [7, 11) is 2.20. The molecule has 0 spiro atoms. The van der Waals surface area contributed by atoms with Crippen molar-refractivity contribution in [2.75, 3.05) is 25.9 Å². The Balaban J connectivity index is 1.78. The van der Waals surface area contributed by atoms with Crippen LogP contribution in [0.1, 0.15) is 24.3 Å². The summed E-state index contributed by atoms with van der Waals surface area (Å²) in [4.78, 5) is 2.40. The van der Waals surface area contributed by atoms with E-state index in [1.807, 2.05) is 0 Å². The van der Waals surface area contributed by atoms with E-state index in [1.54, 1.807) is 6.20 Å². The molecule has 1 aromatic carbocycles. The molecule has 1 fully saturated rings. The Kier molecular flexibility index (Phi) is 3.25. The molecule has 3 N–H and O–H groups in total. The van der Waals surface area contributed by atoms with Crippen molar-refractivity contribution in [3.05, 3.63) is 36.0 Å². The lowest BCUT2D eigenvalue weighted by Gasteiger charge is -2.29. The minimum Gasteiger partial charge on any atom is -0.384 e. The summed E-state index contributed by atoms with van der Waals surface area (Å²) in [6.07, 6.45) is 4.29. The van der Waals surface area contributed by atoms with Crippen molar-refractivity contribution in [3.8, 4) is 11.1 Å². The van der Waals surface area contributed by atoms with Crippen LogP contribution in [0.4, 0.5) is 5.82 Å². The quantitative estimate of drug-likeness (QED) is 0.867. The molecule has 0 bridgehead atoms. The second-order valence-corrected chi connectivity index (χ2v) is 5.40. The van der Waals surface area contributed by atoms with E-state index in [-0.39, 0.29) is 0 Å². The van der Waals surface area contributed by atoms with Crippen LogP contribution >= 0.6 is 0 Å². The van der Waals surface area contributed by atoms with E-state index in [4.69, 9.17) is 5.73 Å². The molecule has 2 heterocycles. The van der Waals surface area contributed by atoms with Crippen LogP contribution in [-0.2, 0) is 0 Å². The summed E-state index contributed by atoms with van der Waals surface area (Å²) in [6.45, 7) is 2.39. The second-order valence-electron chi connectivity index (χ2n) is 5.40. The fourth-order valence-electron chi connectivity index (χ4n) is 2.80. The monoisotopic (exact) mass is 256 g/mol. The molecule has 0 radical (unpaired) electrons. The summed E-state index contributed by atoms with van der Waals surface area (Å²) < 4.78 is 0. The third-order valence-corrected chi connectivity index (χ3v) is 4.08. The molecule has 0 amide bonds. The third kappa shape index (κ3) is 2.49. The van der Waals surface area contributed by atoms with E-state index in [9.17, 15) is 0 Å². The topological polar surface area (TPSA) is 57.9 Å². The average molecular weight is 256 g/mol. The first kappa shape index (κ1) is 12.2. The Morgan fingerprint density at radius 2 is 1.89 bits per heavy atom. The highest BCUT2D eigenvalue weighted by molar-refractivity contribution is 5.73. The van der Waals surface area contributed by atoms with Crippen LogP contribution in [0.15, 0.2) is 30.5 Å². The molecule has 1 saturated heterocycles. The van der Waals surface area contributed by atoms with E-state index >= 15 is 0 Å². The van der Waals surface area contributed by atoms with Gasteiger partial charge in [-0.2, -0.15) is 5.10 Å². The lowest BCUT2D eigenvalue weighted by atomic mass is 9.89. The zero-order valence-corrected chi connectivity index (χ0v) is 11.3. The highest BCUT2D eigenvalue weighted by Crippen LogP contribution is 2.30. The number of anilines is 1. The molecule has 1 aromatic heterocycles. The number of aromatic nitrogens is 2. The predicted molar refractivity (Wildman–Crippen MR) is 77.9 cm³/mol. The first-order valence-electron chi connectivity index (χ1n) is 6.82. The van der Waals surface area contributed by atoms with Gasteiger partial charge in [-0.1, -0.05) is 24.3 Å². The van der Waals surface area contributed by atoms with E-state index < -0.39 is 0 Å². The summed E-state index contributed by atoms with van der Waals surface area (Å²) in [5.41, 5.74) is 9.40. The maximum atomic E-state index is 5.85. The minimum atomic E-state index is 0.632. The molecular weight excluding hydrogens is 236 g/mol. The van der Waals surface area contributed by atoms with Crippen LogP contribution in [0.25, 0.3) is 11.1 Å². The molecule has 0 atom stereocenters. The second kappa shape index (κ2) is 5.05. The van der Waals surface area contributed by atoms with Crippen LogP contribution in [0.5, 0.6) is 0 Å². The van der Waals surface area contributed by atoms with Gasteiger partial charge in [0.15, 0.2) is 0 Å². The maximum Gasteiger partial charge on any atom is 0.126 e. The van der Waals surface area contributed by atoms with Gasteiger partial charge in [0.05, 0.1) is 6.20 Å². The molecular formula is C15H20N4. The number of H-pyrrole nitrogens is 1. The number of nitrogens with zero attached hydrogens (tertiary/aromatic N) is 2. The first-order valence-corrected chi connectivity index (χ1v) is 6.82. The van der Waals surface area contributed by atoms with Gasteiger partial charge >= 0.3 is 0 Å². The number of nitrogens with two attached hydrogens (primary N) is 1. The molecule has 1 aliphatic rings. The van der Waals surface area contributed by atoms with Crippen LogP contribution in [0.3, 0.4) is 0 Å². The van der Waals surface area contributed by atoms with Crippen molar-refractivity contribution in [1.29, 1.82) is 0 Å². The van der Waals surface area contributed by atoms with Crippen molar-refractivity contribution in [2.24, 2.45) is 0 Å². The van der Waals surface area contributed by atoms with Gasteiger partial charge in [-0.25, -0.2) is 0 Å². The smallest absolute Gasteiger partial charge is 0.126 e. The van der Waals surface area contributed by atoms with Gasteiger partial charge in [0, 0.05) is 5.56 Å². The maximum absolute atomic E-state index is 5.85. The van der Waals surface area contributed by atoms with Gasteiger partial charge < -0.3 is 10.6 Å². The Labute approximate surface area is 113 Å². The van der Waals surface area contributed by atoms with Gasteiger partial charge in [-0.05, 0) is 50.0 Å². The van der Waals surface area contributed by atoms with Crippen molar-refractivity contribution < 1.29 is 0 Å². The number of hydrogen-bond donors (Lipinski definition) is 2. The first-order chi connectivity index (χ1) is 9.24. The Hall–Kier alpha value is -1.81. The number of hydrogen-bond acceptors (Lipinski definition) is 3. The van der Waals surface area contributed by atoms with Crippen molar-refractivity contribution >= 4 is 5.82 Å². The van der Waals surface area contributed by atoms with Gasteiger partial charge in [0.25, 0.3) is 0 Å². The fraction of sp³-hybridized carbons (Fsp3) is 0.400. The predicted octanol–water partition coefficient (Wildman–Crippen LogP) is 2.47. The largest absolute Gasteiger partial charge is 0.384 e. The molecule has 3 rings (SSSR count). The number of likely N-dealkylation sites (tertiary alicyclic amines) is 1. The lowest BCUT2D eigenvalue weighted by Crippen LogP contribution is -2.29. The lowest BCUT2D eigenvalue weighted by molar-refractivity contribution is 0.255. The minimum absolute atomic E-state index is 0.632. The molecule has 0 saturated carbocycles. The van der Waals surface area contributed by atoms with Crippen LogP contribution < -0.4 is 5.73 Å². The van der Waals surface area contributed by atoms with Gasteiger partial charge in [-0.3, -0.25) is 5.10 Å². The number of piperidine rings is 1. The molecule has 4 heteroatoms. The van der Waals surface area contributed by atoms with Crippen LogP contribution in [0, 0.1) is 0 Å². The fourth-order valence-corrected chi connectivity index (χ4v) is 2.80. The summed E-state index contributed by atoms with van der Waals surface area (Å²) in [5, 5.41) is 6.74. The number of nitrogen functional groups attached to an aromatic ring is 1. The van der Waals surface area contributed by atoms with Gasteiger partial charge in [-0.15, -0.1) is 0 Å². The Morgan fingerprint density at radius 3 is 2.47 bits per heavy atom. The van der Waals surface area contributed by atoms with Crippen molar-refractivity contribution in [3.63, 3.8) is 0 Å². The summed E-state index contributed by atoms with van der Waals surface area (Å²) >= 11 is 0. The standard InChI is InChI=1S/C15H20N4/c1-19-8-6-12(7-9-19)11-2-4-13(5-3-11)14-10-17-18-15(14)16/h2-5,10,12H,6-9H2,1H3,(H3,16,17,18). The zero-order chi connectivity index (χ0) is 13.2. The number of nitrogens with one attached hydrogen (secondary N) is 1. The normalized spacial score (nSPS) is 17.7. The van der Waals surface area contributed by atoms with E-state index in [1.165, 1.54) is 31.5 Å². The van der Waals surface area contributed by atoms with Crippen LogP contribution in [-0.4, -0.2) is 35.2 Å². The Bertz CT molecular complexity index is 536. The van der Waals surface area contributed by atoms with E-state index in [0.717, 1.165) is 11.1 Å². The number of rotatable bonds is 2. The molecule has 0 unspecified atom stereocenters. The highest BCUT2D eigenvalue weighted by atomic mass is 15.1. The van der Waals surface area contributed by atoms with Crippen molar-refractivity contribution in [1.82, 2.24) is 15.1 Å². The number of aromatic amines is 1. The van der Waals surface area contributed by atoms with Crippen LogP contribution in [0.2, 0.25) is 0 Å². The molecule has 1 aliphatic heterocycles. The SMILES string of the molecule is CN1CCC(c2ccc(-c3cn[nH]c3N)cc2)CC1. The highest BCUT2D eigenvalue weighted by Gasteiger charge is 2.18. The molecule has 4 nitrogen and oxygen atoms in total. The molecule has 100 valence electrons. The van der Waals surface area contributed by atoms with Crippen molar-refractivity contribution in [2.45, 2.75) is 18.8 Å². The van der Waals surface area contributed by atoms with E-state index in [2.05, 4.69) is 46.4 Å². The average Bonchev–Trinajstić information content (AvgIpc) is 2.86. The molecule has 0 aliphatic carbocycles. The zero-order valence-electron chi connectivity index (χ0n) is 11.3. The summed E-state index contributed by atoms with van der Waals surface area (Å²) in [5.74, 6) is 1.33. The number of benzene rings is 1. The van der Waals surface area contributed by atoms with E-state index in [0.29, 0.717) is 11.7 Å². The summed E-state index contributed by atoms with van der Waals surface area (Å²) in [6, 6.07) is 8.76. The molecule has 2 aromatic rings. The third-order valence-electron chi connectivity index (χ3n) is 4.08. The Morgan fingerprint density at radius 1 is 1.21 bits per heavy atom.